The molecule has 0 aliphatic heterocycles. The van der Waals surface area contributed by atoms with Crippen molar-refractivity contribution in [3.8, 4) is 0 Å². The summed E-state index contributed by atoms with van der Waals surface area (Å²) in [5.41, 5.74) is 3.49. The normalized spacial score (nSPS) is 10.5. The molecule has 0 aliphatic carbocycles. The predicted octanol–water partition coefficient (Wildman–Crippen LogP) is 3.71. The predicted molar refractivity (Wildman–Crippen MR) is 99.7 cm³/mol. The van der Waals surface area contributed by atoms with Gasteiger partial charge >= 0.3 is 5.97 Å². The summed E-state index contributed by atoms with van der Waals surface area (Å²) in [7, 11) is 1.34. The second-order valence-electron chi connectivity index (χ2n) is 5.72. The zero-order valence-corrected chi connectivity index (χ0v) is 14.1. The second kappa shape index (κ2) is 6.65. The smallest absolute Gasteiger partial charge is 0.337 e. The van der Waals surface area contributed by atoms with Gasteiger partial charge in [-0.05, 0) is 42.1 Å². The SMILES string of the molecule is C=C(Nc1cc(C(=O)OC)ccc1C)c1cc2ccccc2[nH]c1=O. The van der Waals surface area contributed by atoms with Gasteiger partial charge in [-0.15, -0.1) is 0 Å². The summed E-state index contributed by atoms with van der Waals surface area (Å²) in [6.45, 7) is 5.88. The van der Waals surface area contributed by atoms with Crippen molar-refractivity contribution in [2.45, 2.75) is 6.92 Å². The zero-order valence-electron chi connectivity index (χ0n) is 14.1. The molecule has 0 unspecified atom stereocenters. The first kappa shape index (κ1) is 16.5. The lowest BCUT2D eigenvalue weighted by Gasteiger charge is -2.13. The fourth-order valence-electron chi connectivity index (χ4n) is 2.60. The van der Waals surface area contributed by atoms with E-state index >= 15 is 0 Å². The fourth-order valence-corrected chi connectivity index (χ4v) is 2.60. The van der Waals surface area contributed by atoms with E-state index in [0.717, 1.165) is 16.5 Å². The highest BCUT2D eigenvalue weighted by Crippen LogP contribution is 2.22. The van der Waals surface area contributed by atoms with Crippen LogP contribution in [0.2, 0.25) is 0 Å². The van der Waals surface area contributed by atoms with Crippen LogP contribution in [-0.4, -0.2) is 18.1 Å². The Hall–Kier alpha value is -3.34. The monoisotopic (exact) mass is 334 g/mol. The largest absolute Gasteiger partial charge is 0.465 e. The molecule has 0 saturated heterocycles. The number of fused-ring (bicyclic) bond motifs is 1. The van der Waals surface area contributed by atoms with Crippen LogP contribution in [0.4, 0.5) is 5.69 Å². The average Bonchev–Trinajstić information content (AvgIpc) is 2.62. The number of esters is 1. The number of aryl methyl sites for hydroxylation is 1. The van der Waals surface area contributed by atoms with Crippen molar-refractivity contribution >= 4 is 28.3 Å². The first-order valence-corrected chi connectivity index (χ1v) is 7.77. The summed E-state index contributed by atoms with van der Waals surface area (Å²) in [6.07, 6.45) is 0. The molecule has 5 nitrogen and oxygen atoms in total. The Labute approximate surface area is 145 Å². The van der Waals surface area contributed by atoms with E-state index in [4.69, 9.17) is 4.74 Å². The van der Waals surface area contributed by atoms with Crippen molar-refractivity contribution in [1.82, 2.24) is 4.98 Å². The fraction of sp³-hybridized carbons (Fsp3) is 0.100. The van der Waals surface area contributed by atoms with Crippen molar-refractivity contribution in [2.75, 3.05) is 12.4 Å². The minimum absolute atomic E-state index is 0.224. The van der Waals surface area contributed by atoms with Crippen LogP contribution in [0, 0.1) is 6.92 Å². The molecular weight excluding hydrogens is 316 g/mol. The summed E-state index contributed by atoms with van der Waals surface area (Å²) >= 11 is 0. The molecule has 3 aromatic rings. The van der Waals surface area contributed by atoms with Crippen molar-refractivity contribution in [3.05, 3.63) is 82.2 Å². The van der Waals surface area contributed by atoms with Crippen LogP contribution in [0.25, 0.3) is 16.6 Å². The van der Waals surface area contributed by atoms with Crippen LogP contribution in [0.1, 0.15) is 21.5 Å². The van der Waals surface area contributed by atoms with Crippen molar-refractivity contribution in [3.63, 3.8) is 0 Å². The molecule has 5 heteroatoms. The quantitative estimate of drug-likeness (QED) is 0.714. The van der Waals surface area contributed by atoms with Gasteiger partial charge in [0.05, 0.1) is 18.2 Å². The highest BCUT2D eigenvalue weighted by atomic mass is 16.5. The zero-order chi connectivity index (χ0) is 18.0. The van der Waals surface area contributed by atoms with Crippen LogP contribution in [0.15, 0.2) is 59.9 Å². The Morgan fingerprint density at radius 2 is 1.92 bits per heavy atom. The third-order valence-corrected chi connectivity index (χ3v) is 4.02. The van der Waals surface area contributed by atoms with E-state index in [1.807, 2.05) is 37.3 Å². The van der Waals surface area contributed by atoms with Gasteiger partial charge in [0.2, 0.25) is 0 Å². The van der Waals surface area contributed by atoms with Gasteiger partial charge in [0, 0.05) is 16.9 Å². The van der Waals surface area contributed by atoms with Crippen LogP contribution in [0.3, 0.4) is 0 Å². The minimum Gasteiger partial charge on any atom is -0.465 e. The van der Waals surface area contributed by atoms with Gasteiger partial charge in [0.1, 0.15) is 0 Å². The number of H-pyrrole nitrogens is 1. The average molecular weight is 334 g/mol. The Balaban J connectivity index is 1.96. The standard InChI is InChI=1S/C20H18N2O3/c1-12-8-9-15(20(24)25-3)11-18(12)21-13(2)16-10-14-6-4-5-7-17(14)22-19(16)23/h4-11,21H,2H2,1,3H3,(H,22,23). The Kier molecular flexibility index (Phi) is 4.39. The molecule has 0 aliphatic rings. The minimum atomic E-state index is -0.419. The molecule has 25 heavy (non-hydrogen) atoms. The number of carbonyl (C=O) groups excluding carboxylic acids is 1. The molecule has 0 bridgehead atoms. The Bertz CT molecular complexity index is 1030. The van der Waals surface area contributed by atoms with Crippen LogP contribution in [-0.2, 0) is 4.74 Å². The first-order valence-electron chi connectivity index (χ1n) is 7.77. The number of methoxy groups -OCH3 is 1. The number of aromatic amines is 1. The van der Waals surface area contributed by atoms with Gasteiger partial charge in [-0.3, -0.25) is 4.79 Å². The van der Waals surface area contributed by atoms with E-state index in [9.17, 15) is 9.59 Å². The molecular formula is C20H18N2O3. The number of pyridine rings is 1. The number of ether oxygens (including phenoxy) is 1. The lowest BCUT2D eigenvalue weighted by molar-refractivity contribution is 0.0601. The number of hydrogen-bond acceptors (Lipinski definition) is 4. The van der Waals surface area contributed by atoms with Gasteiger partial charge in [0.15, 0.2) is 0 Å². The molecule has 2 aromatic carbocycles. The molecule has 0 radical (unpaired) electrons. The number of nitrogens with one attached hydrogen (secondary N) is 2. The summed E-state index contributed by atoms with van der Waals surface area (Å²) in [4.78, 5) is 26.9. The molecule has 1 aromatic heterocycles. The summed E-state index contributed by atoms with van der Waals surface area (Å²) < 4.78 is 4.74. The topological polar surface area (TPSA) is 71.2 Å². The van der Waals surface area contributed by atoms with E-state index in [-0.39, 0.29) is 5.56 Å². The van der Waals surface area contributed by atoms with E-state index < -0.39 is 5.97 Å². The number of aromatic nitrogens is 1. The molecule has 0 atom stereocenters. The number of anilines is 1. The number of carbonyl (C=O) groups is 1. The van der Waals surface area contributed by atoms with Gasteiger partial charge < -0.3 is 15.0 Å². The van der Waals surface area contributed by atoms with E-state index in [0.29, 0.717) is 22.5 Å². The van der Waals surface area contributed by atoms with Crippen LogP contribution >= 0.6 is 0 Å². The lowest BCUT2D eigenvalue weighted by atomic mass is 10.1. The Morgan fingerprint density at radius 1 is 1.16 bits per heavy atom. The number of hydrogen-bond donors (Lipinski definition) is 2. The van der Waals surface area contributed by atoms with Gasteiger partial charge in [-0.25, -0.2) is 4.79 Å². The third kappa shape index (κ3) is 3.30. The number of para-hydroxylation sites is 1. The summed E-state index contributed by atoms with van der Waals surface area (Å²) in [6, 6.07) is 14.5. The van der Waals surface area contributed by atoms with Crippen LogP contribution < -0.4 is 10.9 Å². The van der Waals surface area contributed by atoms with Crippen molar-refractivity contribution < 1.29 is 9.53 Å². The van der Waals surface area contributed by atoms with E-state index in [2.05, 4.69) is 16.9 Å². The van der Waals surface area contributed by atoms with Gasteiger partial charge in [-0.1, -0.05) is 30.8 Å². The molecule has 3 rings (SSSR count). The summed E-state index contributed by atoms with van der Waals surface area (Å²) in [5.74, 6) is -0.419. The maximum absolute atomic E-state index is 12.3. The van der Waals surface area contributed by atoms with Crippen molar-refractivity contribution in [1.29, 1.82) is 0 Å². The van der Waals surface area contributed by atoms with Gasteiger partial charge in [0.25, 0.3) is 5.56 Å². The highest BCUT2D eigenvalue weighted by molar-refractivity contribution is 5.92. The second-order valence-corrected chi connectivity index (χ2v) is 5.72. The van der Waals surface area contributed by atoms with E-state index in [1.165, 1.54) is 7.11 Å². The maximum Gasteiger partial charge on any atom is 0.337 e. The first-order chi connectivity index (χ1) is 12.0. The maximum atomic E-state index is 12.3. The molecule has 1 heterocycles. The number of benzene rings is 2. The van der Waals surface area contributed by atoms with Gasteiger partial charge in [-0.2, -0.15) is 0 Å². The number of rotatable bonds is 4. The van der Waals surface area contributed by atoms with Crippen LogP contribution in [0.5, 0.6) is 0 Å². The Morgan fingerprint density at radius 3 is 2.68 bits per heavy atom. The lowest BCUT2D eigenvalue weighted by Crippen LogP contribution is -2.15. The molecule has 126 valence electrons. The molecule has 0 fully saturated rings. The highest BCUT2D eigenvalue weighted by Gasteiger charge is 2.11. The third-order valence-electron chi connectivity index (χ3n) is 4.02. The molecule has 2 N–H and O–H groups in total. The molecule has 0 saturated carbocycles. The van der Waals surface area contributed by atoms with Crippen molar-refractivity contribution in [2.24, 2.45) is 0 Å². The molecule has 0 amide bonds. The summed E-state index contributed by atoms with van der Waals surface area (Å²) in [5, 5.41) is 4.05. The van der Waals surface area contributed by atoms with E-state index in [1.54, 1.807) is 18.2 Å². The molecule has 0 spiro atoms.